The van der Waals surface area contributed by atoms with Crippen LogP contribution in [0.15, 0.2) is 54.6 Å². The zero-order valence-electron chi connectivity index (χ0n) is 10.2. The maximum Gasteiger partial charge on any atom is 0.389 e. The first-order chi connectivity index (χ1) is 9.03. The van der Waals surface area contributed by atoms with Gasteiger partial charge in [-0.25, -0.2) is 0 Å². The largest absolute Gasteiger partial charge is 0.457 e. The lowest BCUT2D eigenvalue weighted by molar-refractivity contribution is -0.133. The Morgan fingerprint density at radius 2 is 1.37 bits per heavy atom. The first kappa shape index (κ1) is 13.5. The predicted octanol–water partition coefficient (Wildman–Crippen LogP) is 4.97. The summed E-state index contributed by atoms with van der Waals surface area (Å²) in [6.07, 6.45) is -4.92. The van der Waals surface area contributed by atoms with Crippen molar-refractivity contribution in [2.45, 2.75) is 19.0 Å². The van der Waals surface area contributed by atoms with Crippen molar-refractivity contribution in [1.29, 1.82) is 0 Å². The van der Waals surface area contributed by atoms with E-state index in [4.69, 9.17) is 4.74 Å². The van der Waals surface area contributed by atoms with Gasteiger partial charge in [0.15, 0.2) is 0 Å². The Kier molecular flexibility index (Phi) is 4.10. The van der Waals surface area contributed by atoms with Crippen molar-refractivity contribution in [3.8, 4) is 11.5 Å². The van der Waals surface area contributed by atoms with Crippen LogP contribution in [-0.4, -0.2) is 6.18 Å². The van der Waals surface area contributed by atoms with Crippen LogP contribution in [0.3, 0.4) is 0 Å². The van der Waals surface area contributed by atoms with Crippen LogP contribution in [0, 0.1) is 0 Å². The molecule has 0 aliphatic heterocycles. The smallest absolute Gasteiger partial charge is 0.389 e. The summed E-state index contributed by atoms with van der Waals surface area (Å²) in [6, 6.07) is 15.9. The minimum Gasteiger partial charge on any atom is -0.457 e. The highest BCUT2D eigenvalue weighted by molar-refractivity contribution is 5.32. The summed E-state index contributed by atoms with van der Waals surface area (Å²) >= 11 is 0. The zero-order chi connectivity index (χ0) is 13.7. The van der Waals surface area contributed by atoms with Gasteiger partial charge in [-0.2, -0.15) is 13.2 Å². The molecule has 2 aromatic carbocycles. The average Bonchev–Trinajstić information content (AvgIpc) is 2.38. The van der Waals surface area contributed by atoms with E-state index < -0.39 is 12.6 Å². The summed E-state index contributed by atoms with van der Waals surface area (Å²) in [6.45, 7) is 0. The van der Waals surface area contributed by atoms with E-state index in [0.717, 1.165) is 0 Å². The fraction of sp³-hybridized carbons (Fsp3) is 0.200. The summed E-state index contributed by atoms with van der Waals surface area (Å²) in [5.41, 5.74) is 0.651. The van der Waals surface area contributed by atoms with Gasteiger partial charge in [-0.3, -0.25) is 0 Å². The summed E-state index contributed by atoms with van der Waals surface area (Å²) in [5, 5.41) is 0. The quantitative estimate of drug-likeness (QED) is 0.758. The number of benzene rings is 2. The molecular formula is C15H13F3O. The molecule has 4 heteroatoms. The van der Waals surface area contributed by atoms with Crippen LogP contribution in [0.2, 0.25) is 0 Å². The van der Waals surface area contributed by atoms with E-state index in [0.29, 0.717) is 17.1 Å². The molecule has 0 fully saturated rings. The lowest BCUT2D eigenvalue weighted by atomic mass is 10.1. The minimum atomic E-state index is -4.11. The zero-order valence-corrected chi connectivity index (χ0v) is 10.2. The molecule has 0 heterocycles. The molecule has 2 rings (SSSR count). The third-order valence-corrected chi connectivity index (χ3v) is 2.60. The monoisotopic (exact) mass is 266 g/mol. The van der Waals surface area contributed by atoms with Gasteiger partial charge in [0.25, 0.3) is 0 Å². The number of halogens is 3. The van der Waals surface area contributed by atoms with Gasteiger partial charge in [-0.1, -0.05) is 30.3 Å². The first-order valence-electron chi connectivity index (χ1n) is 5.91. The van der Waals surface area contributed by atoms with Crippen molar-refractivity contribution >= 4 is 0 Å². The number of ether oxygens (including phenoxy) is 1. The van der Waals surface area contributed by atoms with Crippen LogP contribution < -0.4 is 4.74 Å². The third-order valence-electron chi connectivity index (χ3n) is 2.60. The second-order valence-corrected chi connectivity index (χ2v) is 4.17. The van der Waals surface area contributed by atoms with Crippen LogP contribution in [-0.2, 0) is 6.42 Å². The second kappa shape index (κ2) is 5.78. The van der Waals surface area contributed by atoms with Gasteiger partial charge in [0.2, 0.25) is 0 Å². The van der Waals surface area contributed by atoms with Gasteiger partial charge in [0, 0.05) is 6.42 Å². The Morgan fingerprint density at radius 3 is 1.95 bits per heavy atom. The number of alkyl halides is 3. The highest BCUT2D eigenvalue weighted by Crippen LogP contribution is 2.24. The number of hydrogen-bond donors (Lipinski definition) is 0. The van der Waals surface area contributed by atoms with E-state index in [2.05, 4.69) is 0 Å². The van der Waals surface area contributed by atoms with Crippen molar-refractivity contribution in [3.05, 3.63) is 60.2 Å². The fourth-order valence-corrected chi connectivity index (χ4v) is 1.63. The summed E-state index contributed by atoms with van der Waals surface area (Å²) in [4.78, 5) is 0. The minimum absolute atomic E-state index is 0.00484. The van der Waals surface area contributed by atoms with E-state index in [9.17, 15) is 13.2 Å². The summed E-state index contributed by atoms with van der Waals surface area (Å²) in [7, 11) is 0. The Labute approximate surface area is 109 Å². The lowest BCUT2D eigenvalue weighted by Gasteiger charge is -2.08. The number of hydrogen-bond acceptors (Lipinski definition) is 1. The molecule has 0 spiro atoms. The predicted molar refractivity (Wildman–Crippen MR) is 67.3 cm³/mol. The highest BCUT2D eigenvalue weighted by atomic mass is 19.4. The van der Waals surface area contributed by atoms with Gasteiger partial charge < -0.3 is 4.74 Å². The number of rotatable bonds is 4. The molecule has 0 saturated carbocycles. The average molecular weight is 266 g/mol. The summed E-state index contributed by atoms with van der Waals surface area (Å²) in [5.74, 6) is 1.31. The van der Waals surface area contributed by atoms with Gasteiger partial charge in [0.1, 0.15) is 11.5 Å². The van der Waals surface area contributed by atoms with Crippen LogP contribution in [0.1, 0.15) is 12.0 Å². The first-order valence-corrected chi connectivity index (χ1v) is 5.91. The molecular weight excluding hydrogens is 253 g/mol. The highest BCUT2D eigenvalue weighted by Gasteiger charge is 2.26. The Hall–Kier alpha value is -1.97. The molecule has 0 amide bonds. The van der Waals surface area contributed by atoms with Crippen molar-refractivity contribution in [2.24, 2.45) is 0 Å². The van der Waals surface area contributed by atoms with Crippen molar-refractivity contribution in [3.63, 3.8) is 0 Å². The fourth-order valence-electron chi connectivity index (χ4n) is 1.63. The van der Waals surface area contributed by atoms with Crippen molar-refractivity contribution < 1.29 is 17.9 Å². The van der Waals surface area contributed by atoms with E-state index >= 15 is 0 Å². The molecule has 1 nitrogen and oxygen atoms in total. The maximum absolute atomic E-state index is 12.1. The van der Waals surface area contributed by atoms with Crippen LogP contribution >= 0.6 is 0 Å². The normalized spacial score (nSPS) is 11.3. The number of para-hydroxylation sites is 1. The lowest BCUT2D eigenvalue weighted by Crippen LogP contribution is -2.08. The Morgan fingerprint density at radius 1 is 0.789 bits per heavy atom. The molecule has 0 unspecified atom stereocenters. The standard InChI is InChI=1S/C15H13F3O/c16-15(17,18)11-10-12-6-8-14(9-7-12)19-13-4-2-1-3-5-13/h1-9H,10-11H2. The van der Waals surface area contributed by atoms with Gasteiger partial charge in [-0.05, 0) is 36.2 Å². The molecule has 0 aliphatic carbocycles. The molecule has 2 aromatic rings. The second-order valence-electron chi connectivity index (χ2n) is 4.17. The molecule has 0 N–H and O–H groups in total. The molecule has 0 atom stereocenters. The Balaban J connectivity index is 1.95. The third kappa shape index (κ3) is 4.66. The van der Waals surface area contributed by atoms with Gasteiger partial charge >= 0.3 is 6.18 Å². The SMILES string of the molecule is FC(F)(F)CCc1ccc(Oc2ccccc2)cc1. The molecule has 0 aromatic heterocycles. The molecule has 0 radical (unpaired) electrons. The van der Waals surface area contributed by atoms with Crippen LogP contribution in [0.5, 0.6) is 11.5 Å². The molecule has 0 bridgehead atoms. The molecule has 100 valence electrons. The topological polar surface area (TPSA) is 9.23 Å². The molecule has 0 aliphatic rings. The Bertz CT molecular complexity index is 503. The maximum atomic E-state index is 12.1. The number of aryl methyl sites for hydroxylation is 1. The van der Waals surface area contributed by atoms with Crippen LogP contribution in [0.4, 0.5) is 13.2 Å². The van der Waals surface area contributed by atoms with Gasteiger partial charge in [-0.15, -0.1) is 0 Å². The van der Waals surface area contributed by atoms with Crippen molar-refractivity contribution in [1.82, 2.24) is 0 Å². The summed E-state index contributed by atoms with van der Waals surface area (Å²) < 4.78 is 41.8. The van der Waals surface area contributed by atoms with E-state index in [1.807, 2.05) is 30.3 Å². The van der Waals surface area contributed by atoms with Crippen molar-refractivity contribution in [2.75, 3.05) is 0 Å². The van der Waals surface area contributed by atoms with E-state index in [1.54, 1.807) is 24.3 Å². The van der Waals surface area contributed by atoms with E-state index in [1.165, 1.54) is 0 Å². The molecule has 0 saturated heterocycles. The molecule has 19 heavy (non-hydrogen) atoms. The van der Waals surface area contributed by atoms with Crippen LogP contribution in [0.25, 0.3) is 0 Å². The van der Waals surface area contributed by atoms with E-state index in [-0.39, 0.29) is 6.42 Å². The van der Waals surface area contributed by atoms with Gasteiger partial charge in [0.05, 0.1) is 0 Å².